The normalized spacial score (nSPS) is 28.4. The predicted molar refractivity (Wildman–Crippen MR) is 119 cm³/mol. The number of β-amino-alcohol motifs (C(OH)–C–C–N with tert-alkyl or cyclic N) is 1. The Morgan fingerprint density at radius 3 is 2.84 bits per heavy atom. The van der Waals surface area contributed by atoms with Gasteiger partial charge in [-0.1, -0.05) is 18.2 Å². The molecule has 0 spiro atoms. The van der Waals surface area contributed by atoms with Gasteiger partial charge in [-0.15, -0.1) is 0 Å². The lowest BCUT2D eigenvalue weighted by Gasteiger charge is -2.56. The van der Waals surface area contributed by atoms with Gasteiger partial charge in [0, 0.05) is 47.9 Å². The SMILES string of the molecule is COc1cccc([C@@]23CCN(CC4CC4)C[C@@]2(O)Cc2c([nH]c4cccc(F)c24)C3)c1. The number of hydrogen-bond acceptors (Lipinski definition) is 3. The van der Waals surface area contributed by atoms with Crippen LogP contribution in [0.5, 0.6) is 5.75 Å². The van der Waals surface area contributed by atoms with Crippen LogP contribution in [-0.4, -0.2) is 47.3 Å². The number of halogens is 1. The zero-order chi connectivity index (χ0) is 21.2. The van der Waals surface area contributed by atoms with Crippen molar-refractivity contribution in [3.8, 4) is 5.75 Å². The Morgan fingerprint density at radius 1 is 1.19 bits per heavy atom. The highest BCUT2D eigenvalue weighted by Gasteiger charge is 2.58. The fourth-order valence-electron chi connectivity index (χ4n) is 6.18. The first-order chi connectivity index (χ1) is 15.0. The number of aromatic amines is 1. The van der Waals surface area contributed by atoms with E-state index in [-0.39, 0.29) is 5.82 Å². The lowest BCUT2D eigenvalue weighted by Crippen LogP contribution is -2.66. The molecule has 31 heavy (non-hydrogen) atoms. The average Bonchev–Trinajstić information content (AvgIpc) is 3.51. The van der Waals surface area contributed by atoms with Gasteiger partial charge in [-0.25, -0.2) is 4.39 Å². The second-order valence-corrected chi connectivity index (χ2v) is 9.87. The Balaban J connectivity index is 1.50. The van der Waals surface area contributed by atoms with Gasteiger partial charge in [0.1, 0.15) is 11.6 Å². The van der Waals surface area contributed by atoms with E-state index < -0.39 is 11.0 Å². The minimum atomic E-state index is -0.961. The number of H-pyrrole nitrogens is 1. The van der Waals surface area contributed by atoms with E-state index in [2.05, 4.69) is 22.0 Å². The molecule has 162 valence electrons. The van der Waals surface area contributed by atoms with E-state index in [1.807, 2.05) is 18.2 Å². The van der Waals surface area contributed by atoms with E-state index in [9.17, 15) is 9.50 Å². The number of fused-ring (bicyclic) bond motifs is 4. The minimum Gasteiger partial charge on any atom is -0.497 e. The van der Waals surface area contributed by atoms with E-state index in [0.717, 1.165) is 53.5 Å². The van der Waals surface area contributed by atoms with Crippen molar-refractivity contribution >= 4 is 10.9 Å². The van der Waals surface area contributed by atoms with Crippen molar-refractivity contribution in [2.75, 3.05) is 26.7 Å². The molecule has 2 N–H and O–H groups in total. The van der Waals surface area contributed by atoms with Crippen molar-refractivity contribution in [3.05, 3.63) is 65.1 Å². The van der Waals surface area contributed by atoms with Crippen LogP contribution in [-0.2, 0) is 18.3 Å². The Morgan fingerprint density at radius 2 is 2.03 bits per heavy atom. The topological polar surface area (TPSA) is 48.5 Å². The first-order valence-electron chi connectivity index (χ1n) is 11.4. The lowest BCUT2D eigenvalue weighted by atomic mass is 9.56. The van der Waals surface area contributed by atoms with Gasteiger partial charge >= 0.3 is 0 Å². The highest BCUT2D eigenvalue weighted by molar-refractivity contribution is 5.86. The van der Waals surface area contributed by atoms with Crippen molar-refractivity contribution in [3.63, 3.8) is 0 Å². The third-order valence-electron chi connectivity index (χ3n) is 7.98. The molecule has 2 atom stereocenters. The molecule has 4 nitrogen and oxygen atoms in total. The van der Waals surface area contributed by atoms with Gasteiger partial charge in [0.05, 0.1) is 12.7 Å². The molecule has 1 aromatic heterocycles. The number of rotatable bonds is 4. The second kappa shape index (κ2) is 6.81. The van der Waals surface area contributed by atoms with Gasteiger partial charge in [0.25, 0.3) is 0 Å². The third kappa shape index (κ3) is 2.94. The summed E-state index contributed by atoms with van der Waals surface area (Å²) in [4.78, 5) is 5.92. The van der Waals surface area contributed by atoms with Crippen LogP contribution in [0.2, 0.25) is 0 Å². The van der Waals surface area contributed by atoms with Crippen LogP contribution in [0.3, 0.4) is 0 Å². The number of likely N-dealkylation sites (tertiary alicyclic amines) is 1. The number of nitrogens with zero attached hydrogens (tertiary/aromatic N) is 1. The third-order valence-corrected chi connectivity index (χ3v) is 7.98. The van der Waals surface area contributed by atoms with Gasteiger partial charge in [-0.05, 0) is 67.1 Å². The summed E-state index contributed by atoms with van der Waals surface area (Å²) in [5, 5.41) is 13.0. The summed E-state index contributed by atoms with van der Waals surface area (Å²) < 4.78 is 20.3. The Bertz CT molecular complexity index is 1150. The van der Waals surface area contributed by atoms with Crippen molar-refractivity contribution in [1.82, 2.24) is 9.88 Å². The molecule has 2 heterocycles. The molecule has 1 saturated heterocycles. The molecule has 2 aromatic carbocycles. The van der Waals surface area contributed by atoms with Crippen LogP contribution in [0, 0.1) is 11.7 Å². The molecule has 2 fully saturated rings. The summed E-state index contributed by atoms with van der Waals surface area (Å²) in [6.07, 6.45) is 4.61. The highest BCUT2D eigenvalue weighted by Crippen LogP contribution is 2.52. The molecule has 0 bridgehead atoms. The number of aromatic nitrogens is 1. The van der Waals surface area contributed by atoms with E-state index >= 15 is 0 Å². The molecule has 0 amide bonds. The van der Waals surface area contributed by atoms with Gasteiger partial charge in [-0.2, -0.15) is 0 Å². The van der Waals surface area contributed by atoms with Crippen LogP contribution in [0.4, 0.5) is 4.39 Å². The molecule has 3 aliphatic rings. The summed E-state index contributed by atoms with van der Waals surface area (Å²) in [5.74, 6) is 1.37. The Labute approximate surface area is 182 Å². The van der Waals surface area contributed by atoms with Crippen molar-refractivity contribution in [1.29, 1.82) is 0 Å². The molecular weight excluding hydrogens is 391 g/mol. The molecule has 3 aromatic rings. The summed E-state index contributed by atoms with van der Waals surface area (Å²) >= 11 is 0. The minimum absolute atomic E-state index is 0.210. The van der Waals surface area contributed by atoms with Gasteiger partial charge in [0.15, 0.2) is 0 Å². The number of benzene rings is 2. The largest absolute Gasteiger partial charge is 0.497 e. The number of methoxy groups -OCH3 is 1. The monoisotopic (exact) mass is 420 g/mol. The molecule has 6 rings (SSSR count). The fourth-order valence-corrected chi connectivity index (χ4v) is 6.18. The van der Waals surface area contributed by atoms with Crippen LogP contribution < -0.4 is 4.74 Å². The molecule has 1 aliphatic heterocycles. The van der Waals surface area contributed by atoms with Crippen LogP contribution in [0.25, 0.3) is 10.9 Å². The number of ether oxygens (including phenoxy) is 1. The molecule has 2 aliphatic carbocycles. The first kappa shape index (κ1) is 19.3. The molecule has 0 radical (unpaired) electrons. The smallest absolute Gasteiger partial charge is 0.132 e. The van der Waals surface area contributed by atoms with Gasteiger partial charge in [-0.3, -0.25) is 0 Å². The lowest BCUT2D eigenvalue weighted by molar-refractivity contribution is -0.103. The maximum atomic E-state index is 14.8. The van der Waals surface area contributed by atoms with Crippen molar-refractivity contribution < 1.29 is 14.2 Å². The van der Waals surface area contributed by atoms with Gasteiger partial charge in [0.2, 0.25) is 0 Å². The number of nitrogens with one attached hydrogen (secondary N) is 1. The quantitative estimate of drug-likeness (QED) is 0.665. The van der Waals surface area contributed by atoms with Crippen molar-refractivity contribution in [2.24, 2.45) is 5.92 Å². The standard InChI is InChI=1S/C26H29FN2O2/c1-31-19-5-2-4-18(12-19)25-10-11-29(15-17-8-9-17)16-26(25,30)13-20-23(14-25)28-22-7-3-6-21(27)24(20)22/h2-7,12,17,28,30H,8-11,13-16H2,1H3/t25-,26-/m0/s1. The average molecular weight is 421 g/mol. The Kier molecular flexibility index (Phi) is 4.25. The Hall–Kier alpha value is -2.37. The first-order valence-corrected chi connectivity index (χ1v) is 11.4. The molecular formula is C26H29FN2O2. The summed E-state index contributed by atoms with van der Waals surface area (Å²) in [7, 11) is 1.68. The van der Waals surface area contributed by atoms with E-state index in [1.54, 1.807) is 13.2 Å². The van der Waals surface area contributed by atoms with Crippen molar-refractivity contribution in [2.45, 2.75) is 43.1 Å². The van der Waals surface area contributed by atoms with E-state index in [0.29, 0.717) is 24.8 Å². The maximum Gasteiger partial charge on any atom is 0.132 e. The highest BCUT2D eigenvalue weighted by atomic mass is 19.1. The molecule has 0 unspecified atom stereocenters. The second-order valence-electron chi connectivity index (χ2n) is 9.87. The van der Waals surface area contributed by atoms with Crippen LogP contribution in [0.15, 0.2) is 42.5 Å². The predicted octanol–water partition coefficient (Wildman–Crippen LogP) is 4.20. The van der Waals surface area contributed by atoms with Crippen LogP contribution in [0.1, 0.15) is 36.1 Å². The maximum absolute atomic E-state index is 14.8. The summed E-state index contributed by atoms with van der Waals surface area (Å²) in [5.41, 5.74) is 2.56. The fraction of sp³-hybridized carbons (Fsp3) is 0.462. The van der Waals surface area contributed by atoms with Gasteiger partial charge < -0.3 is 19.7 Å². The number of piperidine rings is 1. The number of hydrogen-bond donors (Lipinski definition) is 2. The van der Waals surface area contributed by atoms with Crippen LogP contribution >= 0.6 is 0 Å². The summed E-state index contributed by atoms with van der Waals surface area (Å²) in [6.45, 7) is 2.66. The number of aliphatic hydroxyl groups is 1. The molecule has 1 saturated carbocycles. The molecule has 5 heteroatoms. The summed E-state index contributed by atoms with van der Waals surface area (Å²) in [6, 6.07) is 13.4. The zero-order valence-corrected chi connectivity index (χ0v) is 18.0. The van der Waals surface area contributed by atoms with E-state index in [4.69, 9.17) is 4.74 Å². The zero-order valence-electron chi connectivity index (χ0n) is 18.0. The van der Waals surface area contributed by atoms with E-state index in [1.165, 1.54) is 18.9 Å².